The molecule has 17 heavy (non-hydrogen) atoms. The van der Waals surface area contributed by atoms with Crippen molar-refractivity contribution >= 4 is 11.6 Å². The van der Waals surface area contributed by atoms with Crippen LogP contribution in [0.15, 0.2) is 18.2 Å². The van der Waals surface area contributed by atoms with Crippen molar-refractivity contribution in [3.05, 3.63) is 23.8 Å². The van der Waals surface area contributed by atoms with Crippen LogP contribution in [0.4, 0.5) is 5.69 Å². The Balaban J connectivity index is 2.77. The SMILES string of the molecule is COc1ccc(N)cc1C(=O)NCC(C)OC. The van der Waals surface area contributed by atoms with Crippen LogP contribution in [0.3, 0.4) is 0 Å². The van der Waals surface area contributed by atoms with E-state index in [0.717, 1.165) is 0 Å². The summed E-state index contributed by atoms with van der Waals surface area (Å²) in [5.74, 6) is 0.278. The number of nitrogens with two attached hydrogens (primary N) is 1. The Labute approximate surface area is 101 Å². The number of benzene rings is 1. The molecule has 0 fully saturated rings. The fourth-order valence-corrected chi connectivity index (χ4v) is 1.32. The molecule has 0 aliphatic heterocycles. The summed E-state index contributed by atoms with van der Waals surface area (Å²) >= 11 is 0. The number of nitrogens with one attached hydrogen (secondary N) is 1. The summed E-state index contributed by atoms with van der Waals surface area (Å²) in [5, 5.41) is 2.75. The van der Waals surface area contributed by atoms with Crippen molar-refractivity contribution in [2.24, 2.45) is 0 Å². The van der Waals surface area contributed by atoms with Crippen LogP contribution in [0.2, 0.25) is 0 Å². The van der Waals surface area contributed by atoms with Gasteiger partial charge in [0.1, 0.15) is 5.75 Å². The average molecular weight is 238 g/mol. The number of carbonyl (C=O) groups excluding carboxylic acids is 1. The maximum absolute atomic E-state index is 11.9. The first-order valence-electron chi connectivity index (χ1n) is 5.33. The summed E-state index contributed by atoms with van der Waals surface area (Å²) in [4.78, 5) is 11.9. The highest BCUT2D eigenvalue weighted by molar-refractivity contribution is 5.97. The fraction of sp³-hybridized carbons (Fsp3) is 0.417. The lowest BCUT2D eigenvalue weighted by Gasteiger charge is -2.13. The highest BCUT2D eigenvalue weighted by Crippen LogP contribution is 2.20. The normalized spacial score (nSPS) is 11.9. The van der Waals surface area contributed by atoms with Crippen molar-refractivity contribution < 1.29 is 14.3 Å². The third kappa shape index (κ3) is 3.64. The van der Waals surface area contributed by atoms with Crippen molar-refractivity contribution in [1.29, 1.82) is 0 Å². The Morgan fingerprint density at radius 2 is 2.18 bits per heavy atom. The molecule has 1 aromatic rings. The minimum atomic E-state index is -0.224. The minimum Gasteiger partial charge on any atom is -0.496 e. The second kappa shape index (κ2) is 6.10. The molecule has 5 nitrogen and oxygen atoms in total. The zero-order valence-corrected chi connectivity index (χ0v) is 10.3. The molecular weight excluding hydrogens is 220 g/mol. The van der Waals surface area contributed by atoms with E-state index in [0.29, 0.717) is 23.5 Å². The van der Waals surface area contributed by atoms with Gasteiger partial charge in [0.05, 0.1) is 18.8 Å². The third-order valence-electron chi connectivity index (χ3n) is 2.42. The van der Waals surface area contributed by atoms with E-state index in [2.05, 4.69) is 5.32 Å². The molecule has 0 aliphatic carbocycles. The fourth-order valence-electron chi connectivity index (χ4n) is 1.32. The summed E-state index contributed by atoms with van der Waals surface area (Å²) in [6, 6.07) is 4.95. The number of amides is 1. The van der Waals surface area contributed by atoms with Gasteiger partial charge in [-0.3, -0.25) is 4.79 Å². The number of rotatable bonds is 5. The lowest BCUT2D eigenvalue weighted by Crippen LogP contribution is -2.31. The molecule has 1 unspecified atom stereocenters. The molecule has 0 aliphatic rings. The van der Waals surface area contributed by atoms with Crippen LogP contribution in [0.25, 0.3) is 0 Å². The zero-order valence-electron chi connectivity index (χ0n) is 10.3. The van der Waals surface area contributed by atoms with E-state index in [9.17, 15) is 4.79 Å². The van der Waals surface area contributed by atoms with Crippen LogP contribution in [0.5, 0.6) is 5.75 Å². The molecule has 0 saturated heterocycles. The summed E-state index contributed by atoms with van der Waals surface area (Å²) in [6.45, 7) is 2.31. The molecule has 0 saturated carbocycles. The van der Waals surface area contributed by atoms with Gasteiger partial charge in [-0.05, 0) is 25.1 Å². The Bertz CT molecular complexity index is 393. The number of anilines is 1. The minimum absolute atomic E-state index is 0.0361. The van der Waals surface area contributed by atoms with Crippen molar-refractivity contribution in [1.82, 2.24) is 5.32 Å². The highest BCUT2D eigenvalue weighted by Gasteiger charge is 2.13. The Morgan fingerprint density at radius 1 is 1.47 bits per heavy atom. The molecule has 5 heteroatoms. The van der Waals surface area contributed by atoms with Crippen LogP contribution in [-0.4, -0.2) is 32.8 Å². The zero-order chi connectivity index (χ0) is 12.8. The van der Waals surface area contributed by atoms with E-state index in [1.165, 1.54) is 7.11 Å². The molecule has 0 aromatic heterocycles. The standard InChI is InChI=1S/C12H18N2O3/c1-8(16-2)7-14-12(15)10-6-9(13)4-5-11(10)17-3/h4-6,8H,7,13H2,1-3H3,(H,14,15). The van der Waals surface area contributed by atoms with Gasteiger partial charge in [0.25, 0.3) is 5.91 Å². The molecule has 0 heterocycles. The summed E-state index contributed by atoms with van der Waals surface area (Å²) in [7, 11) is 3.11. The van der Waals surface area contributed by atoms with Gasteiger partial charge >= 0.3 is 0 Å². The highest BCUT2D eigenvalue weighted by atomic mass is 16.5. The number of hydrogen-bond donors (Lipinski definition) is 2. The van der Waals surface area contributed by atoms with Gasteiger partial charge in [-0.25, -0.2) is 0 Å². The second-order valence-corrected chi connectivity index (χ2v) is 3.72. The number of nitrogen functional groups attached to an aromatic ring is 1. The van der Waals surface area contributed by atoms with E-state index < -0.39 is 0 Å². The van der Waals surface area contributed by atoms with Crippen molar-refractivity contribution in [2.45, 2.75) is 13.0 Å². The first-order valence-corrected chi connectivity index (χ1v) is 5.33. The quantitative estimate of drug-likeness (QED) is 0.752. The molecule has 1 rings (SSSR count). The van der Waals surface area contributed by atoms with Gasteiger partial charge in [0.15, 0.2) is 0 Å². The Morgan fingerprint density at radius 3 is 2.76 bits per heavy atom. The van der Waals surface area contributed by atoms with E-state index in [1.807, 2.05) is 6.92 Å². The largest absolute Gasteiger partial charge is 0.496 e. The number of ether oxygens (including phenoxy) is 2. The van der Waals surface area contributed by atoms with Crippen molar-refractivity contribution in [3.63, 3.8) is 0 Å². The van der Waals surface area contributed by atoms with Crippen LogP contribution < -0.4 is 15.8 Å². The predicted octanol–water partition coefficient (Wildman–Crippen LogP) is 1.04. The van der Waals surface area contributed by atoms with Crippen LogP contribution >= 0.6 is 0 Å². The van der Waals surface area contributed by atoms with Crippen LogP contribution in [0.1, 0.15) is 17.3 Å². The smallest absolute Gasteiger partial charge is 0.255 e. The lowest BCUT2D eigenvalue weighted by molar-refractivity contribution is 0.0868. The topological polar surface area (TPSA) is 73.6 Å². The molecule has 0 spiro atoms. The van der Waals surface area contributed by atoms with Crippen molar-refractivity contribution in [3.8, 4) is 5.75 Å². The van der Waals surface area contributed by atoms with E-state index >= 15 is 0 Å². The maximum Gasteiger partial charge on any atom is 0.255 e. The summed E-state index contributed by atoms with van der Waals surface area (Å²) in [6.07, 6.45) is -0.0361. The van der Waals surface area contributed by atoms with Gasteiger partial charge in [0.2, 0.25) is 0 Å². The van der Waals surface area contributed by atoms with E-state index in [4.69, 9.17) is 15.2 Å². The number of methoxy groups -OCH3 is 2. The average Bonchev–Trinajstić information content (AvgIpc) is 2.35. The number of carbonyl (C=O) groups is 1. The Hall–Kier alpha value is -1.75. The Kier molecular flexibility index (Phi) is 4.78. The van der Waals surface area contributed by atoms with E-state index in [1.54, 1.807) is 25.3 Å². The van der Waals surface area contributed by atoms with Crippen LogP contribution in [0, 0.1) is 0 Å². The van der Waals surface area contributed by atoms with E-state index in [-0.39, 0.29) is 12.0 Å². The molecule has 1 atom stereocenters. The first kappa shape index (κ1) is 13.3. The molecule has 3 N–H and O–H groups in total. The number of hydrogen-bond acceptors (Lipinski definition) is 4. The molecule has 0 bridgehead atoms. The molecule has 94 valence electrons. The monoisotopic (exact) mass is 238 g/mol. The van der Waals surface area contributed by atoms with Crippen LogP contribution in [-0.2, 0) is 4.74 Å². The lowest BCUT2D eigenvalue weighted by atomic mass is 10.1. The third-order valence-corrected chi connectivity index (χ3v) is 2.42. The molecular formula is C12H18N2O3. The molecule has 0 radical (unpaired) electrons. The molecule has 1 aromatic carbocycles. The van der Waals surface area contributed by atoms with Gasteiger partial charge in [-0.1, -0.05) is 0 Å². The maximum atomic E-state index is 11.9. The van der Waals surface area contributed by atoms with Crippen molar-refractivity contribution in [2.75, 3.05) is 26.5 Å². The van der Waals surface area contributed by atoms with Gasteiger partial charge in [0, 0.05) is 19.3 Å². The summed E-state index contributed by atoms with van der Waals surface area (Å²) in [5.41, 5.74) is 6.59. The van der Waals surface area contributed by atoms with Gasteiger partial charge in [-0.2, -0.15) is 0 Å². The summed E-state index contributed by atoms with van der Waals surface area (Å²) < 4.78 is 10.2. The predicted molar refractivity (Wildman–Crippen MR) is 66.2 cm³/mol. The second-order valence-electron chi connectivity index (χ2n) is 3.72. The van der Waals surface area contributed by atoms with Gasteiger partial charge in [-0.15, -0.1) is 0 Å². The molecule has 1 amide bonds. The first-order chi connectivity index (χ1) is 8.08. The van der Waals surface area contributed by atoms with Gasteiger partial charge < -0.3 is 20.5 Å².